The standard InChI is InChI=1S/C27H28N4O3S3/c1-5-34-26(33)23-18-7-6-8-20(18)37-25(23)28-21(32)14-36-27-30-29-24(31(27)4)19-13-35-16(3)22(19)17-11-9-15(2)10-12-17/h9-13H,5-8,14H2,1-4H3,(H,28,32). The van der Waals surface area contributed by atoms with E-state index in [0.717, 1.165) is 47.3 Å². The molecule has 0 aliphatic heterocycles. The molecule has 0 bridgehead atoms. The molecule has 1 aromatic carbocycles. The number of amides is 1. The lowest BCUT2D eigenvalue weighted by Crippen LogP contribution is -2.17. The Bertz CT molecular complexity index is 1470. The number of nitrogens with one attached hydrogen (secondary N) is 1. The number of thiophene rings is 2. The first-order valence-corrected chi connectivity index (χ1v) is 14.8. The Labute approximate surface area is 228 Å². The van der Waals surface area contributed by atoms with Gasteiger partial charge >= 0.3 is 5.97 Å². The summed E-state index contributed by atoms with van der Waals surface area (Å²) in [4.78, 5) is 27.8. The van der Waals surface area contributed by atoms with Gasteiger partial charge in [-0.3, -0.25) is 4.79 Å². The van der Waals surface area contributed by atoms with Crippen LogP contribution in [0.1, 0.15) is 44.6 Å². The number of benzene rings is 1. The summed E-state index contributed by atoms with van der Waals surface area (Å²) >= 11 is 4.50. The van der Waals surface area contributed by atoms with Gasteiger partial charge < -0.3 is 14.6 Å². The number of hydrogen-bond donors (Lipinski definition) is 1. The van der Waals surface area contributed by atoms with Crippen molar-refractivity contribution >= 4 is 51.3 Å². The minimum absolute atomic E-state index is 0.157. The normalized spacial score (nSPS) is 12.5. The number of anilines is 1. The number of rotatable bonds is 8. The predicted octanol–water partition coefficient (Wildman–Crippen LogP) is 6.29. The van der Waals surface area contributed by atoms with Gasteiger partial charge in [0.25, 0.3) is 0 Å². The topological polar surface area (TPSA) is 86.1 Å². The van der Waals surface area contributed by atoms with Gasteiger partial charge in [-0.25, -0.2) is 4.79 Å². The van der Waals surface area contributed by atoms with Crippen LogP contribution in [0.15, 0.2) is 34.8 Å². The van der Waals surface area contributed by atoms with Gasteiger partial charge in [0.1, 0.15) is 5.00 Å². The largest absolute Gasteiger partial charge is 0.462 e. The number of carbonyl (C=O) groups is 2. The number of hydrogen-bond acceptors (Lipinski definition) is 8. The highest BCUT2D eigenvalue weighted by molar-refractivity contribution is 7.99. The monoisotopic (exact) mass is 552 g/mol. The lowest BCUT2D eigenvalue weighted by molar-refractivity contribution is -0.113. The molecule has 4 aromatic rings. The fourth-order valence-electron chi connectivity index (χ4n) is 4.58. The molecule has 0 spiro atoms. The van der Waals surface area contributed by atoms with Gasteiger partial charge in [0.05, 0.1) is 17.9 Å². The number of esters is 1. The van der Waals surface area contributed by atoms with Crippen molar-refractivity contribution in [2.75, 3.05) is 17.7 Å². The first kappa shape index (κ1) is 25.7. The van der Waals surface area contributed by atoms with Crippen molar-refractivity contribution in [3.8, 4) is 22.5 Å². The smallest absolute Gasteiger partial charge is 0.341 e. The SMILES string of the molecule is CCOC(=O)c1c(NC(=O)CSc2nnc(-c3csc(C)c3-c3ccc(C)cc3)n2C)sc2c1CCC2. The van der Waals surface area contributed by atoms with Crippen LogP contribution in [0, 0.1) is 13.8 Å². The molecule has 1 aliphatic rings. The van der Waals surface area contributed by atoms with E-state index >= 15 is 0 Å². The van der Waals surface area contributed by atoms with Crippen LogP contribution in [0.4, 0.5) is 5.00 Å². The number of carbonyl (C=O) groups excluding carboxylic acids is 2. The Balaban J connectivity index is 1.31. The third-order valence-electron chi connectivity index (χ3n) is 6.38. The molecule has 1 N–H and O–H groups in total. The van der Waals surface area contributed by atoms with Crippen LogP contribution in [0.5, 0.6) is 0 Å². The first-order valence-electron chi connectivity index (χ1n) is 12.2. The van der Waals surface area contributed by atoms with Crippen LogP contribution in [0.25, 0.3) is 22.5 Å². The van der Waals surface area contributed by atoms with E-state index in [1.807, 2.05) is 11.6 Å². The maximum Gasteiger partial charge on any atom is 0.341 e. The van der Waals surface area contributed by atoms with Crippen molar-refractivity contribution in [2.24, 2.45) is 7.05 Å². The number of ether oxygens (including phenoxy) is 1. The second kappa shape index (κ2) is 10.8. The molecule has 37 heavy (non-hydrogen) atoms. The van der Waals surface area contributed by atoms with Crippen molar-refractivity contribution in [3.63, 3.8) is 0 Å². The summed E-state index contributed by atoms with van der Waals surface area (Å²) in [7, 11) is 1.92. The second-order valence-corrected chi connectivity index (χ2v) is 12.1. The van der Waals surface area contributed by atoms with E-state index in [1.165, 1.54) is 38.4 Å². The zero-order chi connectivity index (χ0) is 26.1. The Morgan fingerprint density at radius 2 is 1.95 bits per heavy atom. The minimum Gasteiger partial charge on any atom is -0.462 e. The number of fused-ring (bicyclic) bond motifs is 1. The van der Waals surface area contributed by atoms with Crippen LogP contribution in [-0.2, 0) is 29.4 Å². The molecule has 3 aromatic heterocycles. The summed E-state index contributed by atoms with van der Waals surface area (Å²) in [5.74, 6) is 0.372. The summed E-state index contributed by atoms with van der Waals surface area (Å²) in [5, 5.41) is 15.1. The molecule has 3 heterocycles. The third-order valence-corrected chi connectivity index (χ3v) is 9.52. The van der Waals surface area contributed by atoms with Crippen LogP contribution in [-0.4, -0.2) is 39.0 Å². The van der Waals surface area contributed by atoms with Gasteiger partial charge in [-0.1, -0.05) is 41.6 Å². The Morgan fingerprint density at radius 3 is 2.70 bits per heavy atom. The highest BCUT2D eigenvalue weighted by Gasteiger charge is 2.28. The molecule has 192 valence electrons. The molecule has 1 aliphatic carbocycles. The molecule has 1 amide bonds. The molecule has 0 fully saturated rings. The highest BCUT2D eigenvalue weighted by atomic mass is 32.2. The molecule has 0 atom stereocenters. The van der Waals surface area contributed by atoms with Gasteiger partial charge in [-0.2, -0.15) is 0 Å². The lowest BCUT2D eigenvalue weighted by atomic mass is 10.0. The molecule has 0 radical (unpaired) electrons. The van der Waals surface area contributed by atoms with E-state index < -0.39 is 0 Å². The number of aryl methyl sites for hydroxylation is 3. The van der Waals surface area contributed by atoms with Gasteiger partial charge in [-0.05, 0) is 51.2 Å². The zero-order valence-electron chi connectivity index (χ0n) is 21.2. The predicted molar refractivity (Wildman–Crippen MR) is 151 cm³/mol. The van der Waals surface area contributed by atoms with E-state index in [2.05, 4.69) is 59.0 Å². The van der Waals surface area contributed by atoms with Gasteiger partial charge in [0.15, 0.2) is 11.0 Å². The van der Waals surface area contributed by atoms with Crippen molar-refractivity contribution in [1.29, 1.82) is 0 Å². The summed E-state index contributed by atoms with van der Waals surface area (Å²) in [6, 6.07) is 8.50. The fourth-order valence-corrected chi connectivity index (χ4v) is 7.45. The van der Waals surface area contributed by atoms with E-state index in [9.17, 15) is 9.59 Å². The minimum atomic E-state index is -0.363. The van der Waals surface area contributed by atoms with Crippen LogP contribution in [0.2, 0.25) is 0 Å². The summed E-state index contributed by atoms with van der Waals surface area (Å²) in [6.07, 6.45) is 2.81. The van der Waals surface area contributed by atoms with Crippen LogP contribution in [0.3, 0.4) is 0 Å². The second-order valence-electron chi connectivity index (χ2n) is 8.93. The van der Waals surface area contributed by atoms with Crippen molar-refractivity contribution < 1.29 is 14.3 Å². The molecule has 5 rings (SSSR count). The maximum absolute atomic E-state index is 12.9. The van der Waals surface area contributed by atoms with Gasteiger partial charge in [0, 0.05) is 33.3 Å². The van der Waals surface area contributed by atoms with E-state index in [4.69, 9.17) is 4.74 Å². The molecular formula is C27H28N4O3S3. The zero-order valence-corrected chi connectivity index (χ0v) is 23.7. The number of nitrogens with zero attached hydrogens (tertiary/aromatic N) is 3. The summed E-state index contributed by atoms with van der Waals surface area (Å²) in [5.41, 5.74) is 6.11. The maximum atomic E-state index is 12.9. The van der Waals surface area contributed by atoms with E-state index in [-0.39, 0.29) is 17.6 Å². The lowest BCUT2D eigenvalue weighted by Gasteiger charge is -2.09. The van der Waals surface area contributed by atoms with Crippen molar-refractivity contribution in [1.82, 2.24) is 14.8 Å². The molecule has 7 nitrogen and oxygen atoms in total. The molecule has 0 saturated carbocycles. The van der Waals surface area contributed by atoms with Crippen molar-refractivity contribution in [3.05, 3.63) is 56.1 Å². The number of aromatic nitrogens is 3. The van der Waals surface area contributed by atoms with E-state index in [1.54, 1.807) is 18.3 Å². The van der Waals surface area contributed by atoms with E-state index in [0.29, 0.717) is 22.3 Å². The third kappa shape index (κ3) is 5.10. The van der Waals surface area contributed by atoms with Crippen LogP contribution >= 0.6 is 34.4 Å². The van der Waals surface area contributed by atoms with Crippen LogP contribution < -0.4 is 5.32 Å². The first-order chi connectivity index (χ1) is 17.9. The summed E-state index contributed by atoms with van der Waals surface area (Å²) in [6.45, 7) is 6.29. The molecule has 0 saturated heterocycles. The molecule has 0 unspecified atom stereocenters. The average molecular weight is 553 g/mol. The molecular weight excluding hydrogens is 525 g/mol. The highest BCUT2D eigenvalue weighted by Crippen LogP contribution is 2.40. The number of thioether (sulfide) groups is 1. The Morgan fingerprint density at radius 1 is 1.16 bits per heavy atom. The Hall–Kier alpha value is -2.95. The Kier molecular flexibility index (Phi) is 7.50. The van der Waals surface area contributed by atoms with Crippen molar-refractivity contribution in [2.45, 2.75) is 45.2 Å². The molecule has 10 heteroatoms. The average Bonchev–Trinajstić information content (AvgIpc) is 3.63. The van der Waals surface area contributed by atoms with Gasteiger partial charge in [0.2, 0.25) is 5.91 Å². The van der Waals surface area contributed by atoms with Gasteiger partial charge in [-0.15, -0.1) is 32.9 Å². The summed E-state index contributed by atoms with van der Waals surface area (Å²) < 4.78 is 7.19. The quantitative estimate of drug-likeness (QED) is 0.204. The fraction of sp³-hybridized carbons (Fsp3) is 0.333.